The molecule has 0 atom stereocenters. The average Bonchev–Trinajstić information content (AvgIpc) is 2.53. The molecule has 60 valence electrons. The van der Waals surface area contributed by atoms with E-state index in [4.69, 9.17) is 10.5 Å². The van der Waals surface area contributed by atoms with E-state index in [1.54, 1.807) is 6.33 Å². The van der Waals surface area contributed by atoms with Crippen LogP contribution in [0.2, 0.25) is 0 Å². The summed E-state index contributed by atoms with van der Waals surface area (Å²) < 4.78 is 7.33. The summed E-state index contributed by atoms with van der Waals surface area (Å²) in [7, 11) is 0. The molecule has 4 nitrogen and oxygen atoms in total. The zero-order valence-electron chi connectivity index (χ0n) is 6.29. The van der Waals surface area contributed by atoms with Gasteiger partial charge in [0.05, 0.1) is 12.9 Å². The quantitative estimate of drug-likeness (QED) is 0.639. The SMILES string of the molecule is NCCn1cnc2c1OCC2. The molecule has 0 amide bonds. The van der Waals surface area contributed by atoms with Crippen molar-refractivity contribution >= 4 is 0 Å². The van der Waals surface area contributed by atoms with Crippen molar-refractivity contribution in [2.75, 3.05) is 13.2 Å². The fourth-order valence-electron chi connectivity index (χ4n) is 1.29. The Kier molecular flexibility index (Phi) is 1.54. The molecule has 0 fully saturated rings. The van der Waals surface area contributed by atoms with Crippen LogP contribution in [0.15, 0.2) is 6.33 Å². The van der Waals surface area contributed by atoms with Crippen molar-refractivity contribution in [3.05, 3.63) is 12.0 Å². The molecule has 0 radical (unpaired) electrons. The first kappa shape index (κ1) is 6.67. The first-order valence-electron chi connectivity index (χ1n) is 3.78. The molecule has 0 spiro atoms. The predicted octanol–water partition coefficient (Wildman–Crippen LogP) is -0.223. The first-order valence-corrected chi connectivity index (χ1v) is 3.78. The van der Waals surface area contributed by atoms with Crippen LogP contribution in [0.4, 0.5) is 0 Å². The molecule has 0 saturated carbocycles. The zero-order valence-corrected chi connectivity index (χ0v) is 6.29. The maximum atomic E-state index is 5.41. The van der Waals surface area contributed by atoms with E-state index in [1.165, 1.54) is 0 Å². The molecule has 0 aliphatic carbocycles. The summed E-state index contributed by atoms with van der Waals surface area (Å²) in [6, 6.07) is 0. The van der Waals surface area contributed by atoms with Crippen molar-refractivity contribution in [1.82, 2.24) is 9.55 Å². The largest absolute Gasteiger partial charge is 0.477 e. The van der Waals surface area contributed by atoms with Crippen LogP contribution in [0.25, 0.3) is 0 Å². The standard InChI is InChI=1S/C7H11N3O/c8-2-3-10-5-9-6-1-4-11-7(6)10/h5H,1-4,8H2. The Balaban J connectivity index is 2.27. The van der Waals surface area contributed by atoms with Crippen LogP contribution in [0, 0.1) is 0 Å². The lowest BCUT2D eigenvalue weighted by molar-refractivity contribution is 0.326. The molecule has 0 saturated heterocycles. The van der Waals surface area contributed by atoms with Crippen LogP contribution >= 0.6 is 0 Å². The van der Waals surface area contributed by atoms with E-state index in [0.717, 1.165) is 31.1 Å². The van der Waals surface area contributed by atoms with Gasteiger partial charge in [-0.15, -0.1) is 0 Å². The highest BCUT2D eigenvalue weighted by Crippen LogP contribution is 2.22. The molecule has 1 aromatic heterocycles. The fourth-order valence-corrected chi connectivity index (χ4v) is 1.29. The van der Waals surface area contributed by atoms with Crippen molar-refractivity contribution in [1.29, 1.82) is 0 Å². The van der Waals surface area contributed by atoms with Gasteiger partial charge in [-0.25, -0.2) is 4.98 Å². The molecular formula is C7H11N3O. The maximum absolute atomic E-state index is 5.41. The smallest absolute Gasteiger partial charge is 0.217 e. The number of imidazole rings is 1. The molecule has 0 unspecified atom stereocenters. The number of nitrogens with two attached hydrogens (primary N) is 1. The Labute approximate surface area is 65.0 Å². The molecule has 2 rings (SSSR count). The normalized spacial score (nSPS) is 14.6. The number of hydrogen-bond donors (Lipinski definition) is 1. The van der Waals surface area contributed by atoms with Gasteiger partial charge in [-0.2, -0.15) is 0 Å². The molecule has 0 bridgehead atoms. The molecule has 2 N–H and O–H groups in total. The fraction of sp³-hybridized carbons (Fsp3) is 0.571. The van der Waals surface area contributed by atoms with E-state index in [0.29, 0.717) is 6.54 Å². The Bertz CT molecular complexity index is 256. The topological polar surface area (TPSA) is 53.1 Å². The maximum Gasteiger partial charge on any atom is 0.217 e. The minimum absolute atomic E-state index is 0.631. The lowest BCUT2D eigenvalue weighted by Gasteiger charge is -2.02. The van der Waals surface area contributed by atoms with Gasteiger partial charge in [0.15, 0.2) is 0 Å². The monoisotopic (exact) mass is 153 g/mol. The van der Waals surface area contributed by atoms with Gasteiger partial charge < -0.3 is 15.0 Å². The summed E-state index contributed by atoms with van der Waals surface area (Å²) in [5.41, 5.74) is 6.48. The van der Waals surface area contributed by atoms with E-state index >= 15 is 0 Å². The van der Waals surface area contributed by atoms with Gasteiger partial charge >= 0.3 is 0 Å². The zero-order chi connectivity index (χ0) is 7.68. The van der Waals surface area contributed by atoms with Crippen molar-refractivity contribution < 1.29 is 4.74 Å². The van der Waals surface area contributed by atoms with Crippen molar-refractivity contribution in [2.24, 2.45) is 5.73 Å². The third-order valence-corrected chi connectivity index (χ3v) is 1.81. The summed E-state index contributed by atoms with van der Waals surface area (Å²) in [6.45, 7) is 2.19. The highest BCUT2D eigenvalue weighted by atomic mass is 16.5. The Morgan fingerprint density at radius 2 is 2.64 bits per heavy atom. The highest BCUT2D eigenvalue weighted by Gasteiger charge is 2.17. The second kappa shape index (κ2) is 2.54. The molecule has 2 heterocycles. The van der Waals surface area contributed by atoms with Gasteiger partial charge in [0.1, 0.15) is 5.69 Å². The third-order valence-electron chi connectivity index (χ3n) is 1.81. The number of rotatable bonds is 2. The van der Waals surface area contributed by atoms with Crippen LogP contribution in [0.3, 0.4) is 0 Å². The Morgan fingerprint density at radius 1 is 1.73 bits per heavy atom. The van der Waals surface area contributed by atoms with Gasteiger partial charge in [0.2, 0.25) is 5.88 Å². The van der Waals surface area contributed by atoms with Gasteiger partial charge in [-0.05, 0) is 0 Å². The molecule has 0 aromatic carbocycles. The minimum Gasteiger partial charge on any atom is -0.477 e. The molecule has 11 heavy (non-hydrogen) atoms. The van der Waals surface area contributed by atoms with E-state index in [1.807, 2.05) is 4.57 Å². The second-order valence-electron chi connectivity index (χ2n) is 2.58. The van der Waals surface area contributed by atoms with Crippen LogP contribution in [0.1, 0.15) is 5.69 Å². The lowest BCUT2D eigenvalue weighted by Crippen LogP contribution is -2.09. The summed E-state index contributed by atoms with van der Waals surface area (Å²) >= 11 is 0. The lowest BCUT2D eigenvalue weighted by atomic mass is 10.4. The number of fused-ring (bicyclic) bond motifs is 1. The van der Waals surface area contributed by atoms with E-state index in [2.05, 4.69) is 4.98 Å². The highest BCUT2D eigenvalue weighted by molar-refractivity contribution is 5.24. The average molecular weight is 153 g/mol. The molecule has 1 aromatic rings. The van der Waals surface area contributed by atoms with Gasteiger partial charge in [-0.3, -0.25) is 0 Å². The molecule has 1 aliphatic heterocycles. The molecular weight excluding hydrogens is 142 g/mol. The second-order valence-corrected chi connectivity index (χ2v) is 2.58. The number of ether oxygens (including phenoxy) is 1. The summed E-state index contributed by atoms with van der Waals surface area (Å²) in [5.74, 6) is 0.912. The van der Waals surface area contributed by atoms with Crippen LogP contribution in [0.5, 0.6) is 5.88 Å². The van der Waals surface area contributed by atoms with Crippen molar-refractivity contribution in [3.63, 3.8) is 0 Å². The predicted molar refractivity (Wildman–Crippen MR) is 40.5 cm³/mol. The minimum atomic E-state index is 0.631. The van der Waals surface area contributed by atoms with E-state index in [9.17, 15) is 0 Å². The van der Waals surface area contributed by atoms with E-state index in [-0.39, 0.29) is 0 Å². The Morgan fingerprint density at radius 3 is 3.45 bits per heavy atom. The molecule has 1 aliphatic rings. The van der Waals surface area contributed by atoms with Crippen LogP contribution < -0.4 is 10.5 Å². The van der Waals surface area contributed by atoms with Crippen LogP contribution in [-0.2, 0) is 13.0 Å². The number of hydrogen-bond acceptors (Lipinski definition) is 3. The number of nitrogens with zero attached hydrogens (tertiary/aromatic N) is 2. The summed E-state index contributed by atoms with van der Waals surface area (Å²) in [6.07, 6.45) is 2.73. The third kappa shape index (κ3) is 0.991. The van der Waals surface area contributed by atoms with E-state index < -0.39 is 0 Å². The van der Waals surface area contributed by atoms with Crippen LogP contribution in [-0.4, -0.2) is 22.7 Å². The first-order chi connectivity index (χ1) is 5.42. The number of aromatic nitrogens is 2. The summed E-state index contributed by atoms with van der Waals surface area (Å²) in [4.78, 5) is 4.20. The Hall–Kier alpha value is -1.03. The summed E-state index contributed by atoms with van der Waals surface area (Å²) in [5, 5.41) is 0. The van der Waals surface area contributed by atoms with Gasteiger partial charge in [-0.1, -0.05) is 0 Å². The van der Waals surface area contributed by atoms with Gasteiger partial charge in [0.25, 0.3) is 0 Å². The van der Waals surface area contributed by atoms with Gasteiger partial charge in [0, 0.05) is 19.5 Å². The molecule has 4 heteroatoms. The van der Waals surface area contributed by atoms with Crippen molar-refractivity contribution in [3.8, 4) is 5.88 Å². The van der Waals surface area contributed by atoms with Crippen molar-refractivity contribution in [2.45, 2.75) is 13.0 Å².